The van der Waals surface area contributed by atoms with Gasteiger partial charge in [-0.1, -0.05) is 18.2 Å². The van der Waals surface area contributed by atoms with Crippen LogP contribution in [0.5, 0.6) is 5.75 Å². The zero-order valence-corrected chi connectivity index (χ0v) is 16.3. The Balaban J connectivity index is 2.22. The minimum absolute atomic E-state index is 0.263. The molecule has 140 valence electrons. The molecule has 0 aromatic heterocycles. The van der Waals surface area contributed by atoms with Crippen molar-refractivity contribution < 1.29 is 14.3 Å². The molecule has 2 aliphatic rings. The molecule has 0 amide bonds. The van der Waals surface area contributed by atoms with E-state index in [1.807, 2.05) is 24.3 Å². The highest BCUT2D eigenvalue weighted by Crippen LogP contribution is 2.47. The Morgan fingerprint density at radius 3 is 2.74 bits per heavy atom. The molecule has 2 heterocycles. The van der Waals surface area contributed by atoms with E-state index in [1.54, 1.807) is 32.8 Å². The lowest BCUT2D eigenvalue weighted by Gasteiger charge is -2.35. The van der Waals surface area contributed by atoms with Crippen LogP contribution in [0, 0.1) is 11.3 Å². The van der Waals surface area contributed by atoms with Gasteiger partial charge in [0.1, 0.15) is 28.6 Å². The number of hydrogen-bond acceptors (Lipinski definition) is 8. The molecule has 3 rings (SSSR count). The van der Waals surface area contributed by atoms with Gasteiger partial charge in [0.15, 0.2) is 5.17 Å². The van der Waals surface area contributed by atoms with E-state index in [9.17, 15) is 10.1 Å². The Hall–Kier alpha value is -2.92. The van der Waals surface area contributed by atoms with E-state index < -0.39 is 12.0 Å². The number of fused-ring (bicyclic) bond motifs is 1. The molecule has 0 spiro atoms. The number of nitrogens with two attached hydrogens (primary N) is 1. The number of nitriles is 1. The first-order valence-electron chi connectivity index (χ1n) is 8.39. The van der Waals surface area contributed by atoms with Crippen LogP contribution in [0.15, 0.2) is 51.3 Å². The number of rotatable bonds is 4. The van der Waals surface area contributed by atoms with E-state index in [4.69, 9.17) is 15.2 Å². The maximum atomic E-state index is 12.9. The smallest absolute Gasteiger partial charge is 0.338 e. The molecule has 27 heavy (non-hydrogen) atoms. The number of carbonyl (C=O) groups is 1. The Labute approximate surface area is 162 Å². The molecule has 0 radical (unpaired) electrons. The number of nitrogens with zero attached hydrogens (tertiary/aromatic N) is 3. The highest BCUT2D eigenvalue weighted by molar-refractivity contribution is 8.17. The molecular formula is C19H20N4O3S. The first-order chi connectivity index (χ1) is 12.9. The molecule has 0 saturated heterocycles. The number of methoxy groups -OCH3 is 1. The predicted molar refractivity (Wildman–Crippen MR) is 103 cm³/mol. The van der Waals surface area contributed by atoms with Crippen LogP contribution < -0.4 is 10.5 Å². The van der Waals surface area contributed by atoms with Gasteiger partial charge in [-0.3, -0.25) is 4.90 Å². The van der Waals surface area contributed by atoms with Crippen molar-refractivity contribution in [3.8, 4) is 11.8 Å². The van der Waals surface area contributed by atoms with Gasteiger partial charge in [-0.25, -0.2) is 9.79 Å². The number of ether oxygens (including phenoxy) is 2. The number of carbonyl (C=O) groups excluding carboxylic acids is 1. The van der Waals surface area contributed by atoms with Crippen LogP contribution in [0.1, 0.15) is 32.4 Å². The Bertz CT molecular complexity index is 927. The fourth-order valence-corrected chi connectivity index (χ4v) is 3.98. The largest absolute Gasteiger partial charge is 0.496 e. The zero-order chi connectivity index (χ0) is 19.7. The summed E-state index contributed by atoms with van der Waals surface area (Å²) in [5.74, 6) is 0.401. The second-order valence-electron chi connectivity index (χ2n) is 6.29. The summed E-state index contributed by atoms with van der Waals surface area (Å²) in [6.45, 7) is 5.33. The molecule has 0 unspecified atom stereocenters. The summed E-state index contributed by atoms with van der Waals surface area (Å²) < 4.78 is 11.0. The quantitative estimate of drug-likeness (QED) is 0.796. The van der Waals surface area contributed by atoms with Crippen LogP contribution in [-0.2, 0) is 9.53 Å². The maximum Gasteiger partial charge on any atom is 0.338 e. The SMILES string of the molecule is COc1ccccc1[C@@H]1C(C(=O)OC(C)C)=C(C)N=C2SC(C#N)=C(N)N21. The number of para-hydroxylation sites is 1. The summed E-state index contributed by atoms with van der Waals surface area (Å²) in [7, 11) is 1.57. The van der Waals surface area contributed by atoms with E-state index >= 15 is 0 Å². The van der Waals surface area contributed by atoms with Crippen LogP contribution in [0.25, 0.3) is 0 Å². The molecule has 1 atom stereocenters. The molecule has 8 heteroatoms. The lowest BCUT2D eigenvalue weighted by atomic mass is 9.93. The van der Waals surface area contributed by atoms with Crippen LogP contribution in [0.3, 0.4) is 0 Å². The first kappa shape index (κ1) is 18.9. The second kappa shape index (κ2) is 7.37. The van der Waals surface area contributed by atoms with E-state index in [0.29, 0.717) is 27.1 Å². The Kier molecular flexibility index (Phi) is 5.15. The van der Waals surface area contributed by atoms with Crippen molar-refractivity contribution in [3.63, 3.8) is 0 Å². The molecule has 2 aliphatic heterocycles. The molecule has 1 aromatic rings. The van der Waals surface area contributed by atoms with Crippen molar-refractivity contribution in [3.05, 3.63) is 51.8 Å². The first-order valence-corrected chi connectivity index (χ1v) is 9.21. The highest BCUT2D eigenvalue weighted by atomic mass is 32.2. The number of thioether (sulfide) groups is 1. The third kappa shape index (κ3) is 3.26. The van der Waals surface area contributed by atoms with Crippen LogP contribution in [-0.4, -0.2) is 29.3 Å². The summed E-state index contributed by atoms with van der Waals surface area (Å²) in [5, 5.41) is 9.93. The summed E-state index contributed by atoms with van der Waals surface area (Å²) in [5.41, 5.74) is 7.88. The monoisotopic (exact) mass is 384 g/mol. The van der Waals surface area contributed by atoms with Crippen molar-refractivity contribution in [2.45, 2.75) is 32.9 Å². The van der Waals surface area contributed by atoms with Gasteiger partial charge in [-0.05, 0) is 38.6 Å². The molecule has 2 N–H and O–H groups in total. The van der Waals surface area contributed by atoms with Crippen LogP contribution in [0.4, 0.5) is 0 Å². The Morgan fingerprint density at radius 2 is 2.11 bits per heavy atom. The fourth-order valence-electron chi connectivity index (χ4n) is 3.07. The number of aliphatic imine (C=N–C) groups is 1. The lowest BCUT2D eigenvalue weighted by Crippen LogP contribution is -2.39. The van der Waals surface area contributed by atoms with E-state index in [2.05, 4.69) is 11.1 Å². The van der Waals surface area contributed by atoms with Crippen molar-refractivity contribution in [2.24, 2.45) is 10.7 Å². The average molecular weight is 384 g/mol. The van der Waals surface area contributed by atoms with Gasteiger partial charge in [-0.2, -0.15) is 5.26 Å². The van der Waals surface area contributed by atoms with Gasteiger partial charge < -0.3 is 15.2 Å². The molecule has 0 fully saturated rings. The number of amidine groups is 1. The molecule has 0 aliphatic carbocycles. The fraction of sp³-hybridized carbons (Fsp3) is 0.316. The summed E-state index contributed by atoms with van der Waals surface area (Å²) >= 11 is 1.19. The predicted octanol–water partition coefficient (Wildman–Crippen LogP) is 3.03. The van der Waals surface area contributed by atoms with Gasteiger partial charge in [-0.15, -0.1) is 0 Å². The number of allylic oxidation sites excluding steroid dienone is 2. The number of benzene rings is 1. The molecule has 0 saturated carbocycles. The van der Waals surface area contributed by atoms with Crippen molar-refractivity contribution in [1.29, 1.82) is 5.26 Å². The minimum atomic E-state index is -0.599. The lowest BCUT2D eigenvalue weighted by molar-refractivity contribution is -0.143. The minimum Gasteiger partial charge on any atom is -0.496 e. The second-order valence-corrected chi connectivity index (χ2v) is 7.27. The summed E-state index contributed by atoms with van der Waals surface area (Å²) in [6.07, 6.45) is -0.281. The van der Waals surface area contributed by atoms with Crippen molar-refractivity contribution >= 4 is 22.9 Å². The molecule has 1 aromatic carbocycles. The van der Waals surface area contributed by atoms with Crippen molar-refractivity contribution in [2.75, 3.05) is 7.11 Å². The highest BCUT2D eigenvalue weighted by Gasteiger charge is 2.43. The molecule has 0 bridgehead atoms. The van der Waals surface area contributed by atoms with E-state index in [-0.39, 0.29) is 11.9 Å². The Morgan fingerprint density at radius 1 is 1.41 bits per heavy atom. The maximum absolute atomic E-state index is 12.9. The van der Waals surface area contributed by atoms with E-state index in [1.165, 1.54) is 11.8 Å². The van der Waals surface area contributed by atoms with Crippen molar-refractivity contribution in [1.82, 2.24) is 4.90 Å². The van der Waals surface area contributed by atoms with Gasteiger partial charge in [0.05, 0.1) is 24.5 Å². The van der Waals surface area contributed by atoms with Gasteiger partial charge in [0.25, 0.3) is 0 Å². The number of esters is 1. The topological polar surface area (TPSA) is 101 Å². The van der Waals surface area contributed by atoms with Crippen LogP contribution in [0.2, 0.25) is 0 Å². The molecule has 7 nitrogen and oxygen atoms in total. The van der Waals surface area contributed by atoms with Crippen LogP contribution >= 0.6 is 11.8 Å². The summed E-state index contributed by atoms with van der Waals surface area (Å²) in [4.78, 5) is 19.5. The van der Waals surface area contributed by atoms with Gasteiger partial charge in [0.2, 0.25) is 0 Å². The third-order valence-electron chi connectivity index (χ3n) is 4.17. The van der Waals surface area contributed by atoms with Gasteiger partial charge >= 0.3 is 5.97 Å². The summed E-state index contributed by atoms with van der Waals surface area (Å²) in [6, 6.07) is 8.88. The zero-order valence-electron chi connectivity index (χ0n) is 15.5. The third-order valence-corrected chi connectivity index (χ3v) is 5.15. The van der Waals surface area contributed by atoms with Gasteiger partial charge in [0, 0.05) is 5.56 Å². The normalized spacial score (nSPS) is 19.0. The van der Waals surface area contributed by atoms with E-state index in [0.717, 1.165) is 5.56 Å². The standard InChI is InChI=1S/C19H20N4O3S/c1-10(2)26-18(24)15-11(3)22-19-23(17(21)14(9-20)27-19)16(15)12-7-5-6-8-13(12)25-4/h5-8,10,16H,21H2,1-4H3/t16-/m1/s1. The number of hydrogen-bond donors (Lipinski definition) is 1. The molecular weight excluding hydrogens is 364 g/mol. The average Bonchev–Trinajstić information content (AvgIpc) is 2.95.